The first-order valence-corrected chi connectivity index (χ1v) is 10.7. The lowest BCUT2D eigenvalue weighted by Crippen LogP contribution is -2.00. The predicted octanol–water partition coefficient (Wildman–Crippen LogP) is 5.58. The van der Waals surface area contributed by atoms with Crippen LogP contribution in [-0.4, -0.2) is 28.6 Å². The van der Waals surface area contributed by atoms with Crippen LogP contribution in [0.4, 0.5) is 0 Å². The number of rotatable bonds is 3. The first kappa shape index (κ1) is 18.7. The Labute approximate surface area is 185 Å². The summed E-state index contributed by atoms with van der Waals surface area (Å²) in [6.07, 6.45) is 1.53. The van der Waals surface area contributed by atoms with Gasteiger partial charge in [-0.15, -0.1) is 0 Å². The van der Waals surface area contributed by atoms with E-state index in [0.29, 0.717) is 32.6 Å². The Bertz CT molecular complexity index is 1500. The van der Waals surface area contributed by atoms with E-state index >= 15 is 0 Å². The average Bonchev–Trinajstić information content (AvgIpc) is 3.45. The minimum atomic E-state index is -0.283. The number of ether oxygens (including phenoxy) is 1. The summed E-state index contributed by atoms with van der Waals surface area (Å²) in [7, 11) is 1.61. The van der Waals surface area contributed by atoms with Gasteiger partial charge >= 0.3 is 0 Å². The van der Waals surface area contributed by atoms with Gasteiger partial charge in [0, 0.05) is 16.7 Å². The van der Waals surface area contributed by atoms with E-state index in [1.54, 1.807) is 19.2 Å². The van der Waals surface area contributed by atoms with Crippen LogP contribution in [0.25, 0.3) is 38.8 Å². The molecule has 0 unspecified atom stereocenters. The van der Waals surface area contributed by atoms with Crippen molar-refractivity contribution in [3.05, 3.63) is 82.4 Å². The minimum Gasteiger partial charge on any atom is -0.497 e. The molecule has 2 heterocycles. The summed E-state index contributed by atoms with van der Waals surface area (Å²) in [6.45, 7) is 0. The van der Waals surface area contributed by atoms with Crippen LogP contribution >= 0.6 is 11.3 Å². The van der Waals surface area contributed by atoms with Crippen molar-refractivity contribution in [1.29, 1.82) is 0 Å². The fourth-order valence-electron chi connectivity index (χ4n) is 3.84. The lowest BCUT2D eigenvalue weighted by molar-refractivity contribution is 0.0990. The standard InChI is InChI=1S/C25H14N2O4S/c1-30-16-8-6-13(7-9-16)23-27-25-24(31-23)26-20(32-25)12-19-21(28)17-10-14-4-2-3-5-15(14)11-18(17)22(19)29/h2-12H,1H3. The molecule has 7 heteroatoms. The molecular formula is C25H14N2O4S. The molecule has 0 fully saturated rings. The van der Waals surface area contributed by atoms with E-state index in [1.165, 1.54) is 17.4 Å². The first-order chi connectivity index (χ1) is 15.6. The highest BCUT2D eigenvalue weighted by molar-refractivity contribution is 7.18. The molecule has 2 aromatic heterocycles. The highest BCUT2D eigenvalue weighted by Gasteiger charge is 2.33. The molecule has 154 valence electrons. The number of carbonyl (C=O) groups is 2. The average molecular weight is 438 g/mol. The number of fused-ring (bicyclic) bond motifs is 3. The summed E-state index contributed by atoms with van der Waals surface area (Å²) in [5.41, 5.74) is 2.15. The summed E-state index contributed by atoms with van der Waals surface area (Å²) < 4.78 is 11.0. The lowest BCUT2D eigenvalue weighted by atomic mass is 10.0. The second-order valence-corrected chi connectivity index (χ2v) is 8.38. The number of carbonyl (C=O) groups excluding carboxylic acids is 2. The Morgan fingerprint density at radius 3 is 2.16 bits per heavy atom. The number of nitrogens with zero attached hydrogens (tertiary/aromatic N) is 2. The van der Waals surface area contributed by atoms with E-state index in [0.717, 1.165) is 22.1 Å². The van der Waals surface area contributed by atoms with Crippen LogP contribution in [0.2, 0.25) is 0 Å². The van der Waals surface area contributed by atoms with Crippen molar-refractivity contribution in [2.75, 3.05) is 7.11 Å². The van der Waals surface area contributed by atoms with E-state index < -0.39 is 0 Å². The van der Waals surface area contributed by atoms with Gasteiger partial charge in [-0.2, -0.15) is 9.97 Å². The van der Waals surface area contributed by atoms with Crippen molar-refractivity contribution < 1.29 is 18.7 Å². The molecule has 0 atom stereocenters. The first-order valence-electron chi connectivity index (χ1n) is 9.86. The van der Waals surface area contributed by atoms with Gasteiger partial charge in [0.15, 0.2) is 16.4 Å². The van der Waals surface area contributed by atoms with E-state index in [9.17, 15) is 9.59 Å². The number of allylic oxidation sites excluding steroid dienone is 1. The van der Waals surface area contributed by atoms with E-state index in [2.05, 4.69) is 9.97 Å². The van der Waals surface area contributed by atoms with Gasteiger partial charge in [-0.05, 0) is 53.2 Å². The molecule has 0 bridgehead atoms. The van der Waals surface area contributed by atoms with Crippen LogP contribution in [0.1, 0.15) is 25.7 Å². The lowest BCUT2D eigenvalue weighted by Gasteiger charge is -2.00. The van der Waals surface area contributed by atoms with Crippen molar-refractivity contribution in [3.63, 3.8) is 0 Å². The summed E-state index contributed by atoms with van der Waals surface area (Å²) >= 11 is 1.27. The second-order valence-electron chi connectivity index (χ2n) is 7.37. The molecule has 6 nitrogen and oxygen atoms in total. The van der Waals surface area contributed by atoms with Crippen LogP contribution in [0.5, 0.6) is 5.75 Å². The second kappa shape index (κ2) is 6.96. The molecule has 0 N–H and O–H groups in total. The van der Waals surface area contributed by atoms with Gasteiger partial charge in [-0.3, -0.25) is 9.59 Å². The highest BCUT2D eigenvalue weighted by Crippen LogP contribution is 2.34. The van der Waals surface area contributed by atoms with Gasteiger partial charge in [0.25, 0.3) is 5.71 Å². The monoisotopic (exact) mass is 438 g/mol. The van der Waals surface area contributed by atoms with E-state index in [4.69, 9.17) is 9.15 Å². The Balaban J connectivity index is 1.35. The quantitative estimate of drug-likeness (QED) is 0.270. The van der Waals surface area contributed by atoms with Gasteiger partial charge in [0.05, 0.1) is 12.7 Å². The predicted molar refractivity (Wildman–Crippen MR) is 122 cm³/mol. The molecule has 1 aliphatic carbocycles. The van der Waals surface area contributed by atoms with Crippen molar-refractivity contribution >= 4 is 50.3 Å². The molecular weight excluding hydrogens is 424 g/mol. The molecule has 0 saturated heterocycles. The van der Waals surface area contributed by atoms with Gasteiger partial charge in [0.1, 0.15) is 10.8 Å². The number of aromatic nitrogens is 2. The van der Waals surface area contributed by atoms with Crippen molar-refractivity contribution in [3.8, 4) is 17.2 Å². The summed E-state index contributed by atoms with van der Waals surface area (Å²) in [5, 5.41) is 2.35. The zero-order valence-electron chi connectivity index (χ0n) is 16.8. The number of thiazole rings is 1. The van der Waals surface area contributed by atoms with Gasteiger partial charge < -0.3 is 9.15 Å². The molecule has 6 rings (SSSR count). The van der Waals surface area contributed by atoms with Crippen LogP contribution in [-0.2, 0) is 0 Å². The Morgan fingerprint density at radius 2 is 1.56 bits per heavy atom. The summed E-state index contributed by atoms with van der Waals surface area (Å²) in [6, 6.07) is 18.6. The van der Waals surface area contributed by atoms with Crippen LogP contribution < -0.4 is 4.74 Å². The maximum atomic E-state index is 12.9. The highest BCUT2D eigenvalue weighted by atomic mass is 32.1. The van der Waals surface area contributed by atoms with Gasteiger partial charge in [-0.25, -0.2) is 0 Å². The van der Waals surface area contributed by atoms with Crippen molar-refractivity contribution in [1.82, 2.24) is 9.97 Å². The SMILES string of the molecule is COc1ccc(-c2nc3sc(C=C4C(=O)c5cc6ccccc6cc5C4=O)nc3o2)cc1. The molecule has 0 aliphatic heterocycles. The number of Topliss-reactive ketones (excluding diaryl/α,β-unsaturated/α-hetero) is 2. The number of oxazole rings is 1. The van der Waals surface area contributed by atoms with Crippen LogP contribution in [0.15, 0.2) is 70.7 Å². The molecule has 0 spiro atoms. The van der Waals surface area contributed by atoms with Crippen LogP contribution in [0.3, 0.4) is 0 Å². The third-order valence-corrected chi connectivity index (χ3v) is 6.34. The Kier molecular flexibility index (Phi) is 4.06. The normalized spacial score (nSPS) is 13.2. The maximum Gasteiger partial charge on any atom is 0.259 e. The number of benzene rings is 3. The number of methoxy groups -OCH3 is 1. The largest absolute Gasteiger partial charge is 0.497 e. The van der Waals surface area contributed by atoms with Crippen molar-refractivity contribution in [2.45, 2.75) is 0 Å². The zero-order valence-corrected chi connectivity index (χ0v) is 17.6. The molecule has 5 aromatic rings. The number of ketones is 2. The van der Waals surface area contributed by atoms with Crippen molar-refractivity contribution in [2.24, 2.45) is 0 Å². The molecule has 0 radical (unpaired) electrons. The molecule has 32 heavy (non-hydrogen) atoms. The van der Waals surface area contributed by atoms with Crippen LogP contribution in [0, 0.1) is 0 Å². The summed E-state index contributed by atoms with van der Waals surface area (Å²) in [4.78, 5) is 35.4. The fraction of sp³-hybridized carbons (Fsp3) is 0.0400. The number of hydrogen-bond acceptors (Lipinski definition) is 7. The topological polar surface area (TPSA) is 82.3 Å². The molecule has 0 saturated carbocycles. The zero-order chi connectivity index (χ0) is 21.8. The van der Waals surface area contributed by atoms with E-state index in [-0.39, 0.29) is 17.1 Å². The summed E-state index contributed by atoms with van der Waals surface area (Å²) in [5.74, 6) is 0.630. The maximum absolute atomic E-state index is 12.9. The molecule has 1 aliphatic rings. The Morgan fingerprint density at radius 1 is 0.906 bits per heavy atom. The van der Waals surface area contributed by atoms with Gasteiger partial charge in [-0.1, -0.05) is 35.6 Å². The molecule has 0 amide bonds. The van der Waals surface area contributed by atoms with Gasteiger partial charge in [0.2, 0.25) is 5.89 Å². The third kappa shape index (κ3) is 2.86. The number of hydrogen-bond donors (Lipinski definition) is 0. The fourth-order valence-corrected chi connectivity index (χ4v) is 4.65. The smallest absolute Gasteiger partial charge is 0.259 e. The minimum absolute atomic E-state index is 0.113. The Hall–Kier alpha value is -4.10. The third-order valence-electron chi connectivity index (χ3n) is 5.46. The van der Waals surface area contributed by atoms with E-state index in [1.807, 2.05) is 48.5 Å². The molecule has 3 aromatic carbocycles.